The lowest BCUT2D eigenvalue weighted by atomic mass is 10.0. The zero-order valence-corrected chi connectivity index (χ0v) is 13.8. The van der Waals surface area contributed by atoms with Crippen LogP contribution in [0, 0.1) is 0 Å². The highest BCUT2D eigenvalue weighted by Crippen LogP contribution is 2.23. The molecule has 0 saturated carbocycles. The van der Waals surface area contributed by atoms with Gasteiger partial charge in [0.05, 0.1) is 0 Å². The maximum Gasteiger partial charge on any atom is 0.206 e. The van der Waals surface area contributed by atoms with Crippen molar-refractivity contribution in [1.82, 2.24) is 20.6 Å². The molecule has 24 heavy (non-hydrogen) atoms. The summed E-state index contributed by atoms with van der Waals surface area (Å²) in [5, 5.41) is 25.2. The van der Waals surface area contributed by atoms with E-state index in [1.54, 1.807) is 24.3 Å². The van der Waals surface area contributed by atoms with E-state index in [4.69, 9.17) is 0 Å². The summed E-state index contributed by atoms with van der Waals surface area (Å²) in [6, 6.07) is 9.64. The lowest BCUT2D eigenvalue weighted by Crippen LogP contribution is -1.96. The number of nitrogens with zero attached hydrogens (tertiary/aromatic N) is 3. The molecule has 1 atom stereocenters. The van der Waals surface area contributed by atoms with E-state index in [0.29, 0.717) is 5.56 Å². The van der Waals surface area contributed by atoms with Crippen LogP contribution in [0.25, 0.3) is 6.08 Å². The summed E-state index contributed by atoms with van der Waals surface area (Å²) in [7, 11) is 0. The van der Waals surface area contributed by atoms with E-state index in [0.717, 1.165) is 17.5 Å². The molecule has 2 N–H and O–H groups in total. The van der Waals surface area contributed by atoms with E-state index >= 15 is 0 Å². The topological polar surface area (TPSA) is 91.8 Å². The molecule has 6 nitrogen and oxygen atoms in total. The van der Waals surface area contributed by atoms with Crippen molar-refractivity contribution in [2.45, 2.75) is 19.4 Å². The predicted molar refractivity (Wildman–Crippen MR) is 91.7 cm³/mol. The molecule has 0 spiro atoms. The van der Waals surface area contributed by atoms with Gasteiger partial charge in [0.15, 0.2) is 5.78 Å². The normalized spacial score (nSPS) is 12.6. The molecule has 2 heterocycles. The van der Waals surface area contributed by atoms with Gasteiger partial charge in [-0.05, 0) is 35.6 Å². The van der Waals surface area contributed by atoms with Gasteiger partial charge < -0.3 is 5.11 Å². The molecule has 0 radical (unpaired) electrons. The van der Waals surface area contributed by atoms with Crippen molar-refractivity contribution in [3.05, 3.63) is 69.2 Å². The van der Waals surface area contributed by atoms with Crippen molar-refractivity contribution in [1.29, 1.82) is 0 Å². The Kier molecular flexibility index (Phi) is 4.93. The number of aliphatic hydroxyl groups is 1. The molecule has 0 bridgehead atoms. The Morgan fingerprint density at radius 3 is 2.79 bits per heavy atom. The van der Waals surface area contributed by atoms with E-state index in [9.17, 15) is 9.90 Å². The summed E-state index contributed by atoms with van der Waals surface area (Å²) >= 11 is 1.65. The molecule has 0 fully saturated rings. The van der Waals surface area contributed by atoms with Crippen LogP contribution in [-0.4, -0.2) is 31.5 Å². The number of aromatic amines is 1. The molecular formula is C17H16N4O2S. The van der Waals surface area contributed by atoms with Crippen LogP contribution in [0.1, 0.15) is 45.2 Å². The highest BCUT2D eigenvalue weighted by molar-refractivity contribution is 7.10. The first-order chi connectivity index (χ1) is 11.6. The Morgan fingerprint density at radius 2 is 2.12 bits per heavy atom. The van der Waals surface area contributed by atoms with Crippen molar-refractivity contribution in [3.63, 3.8) is 0 Å². The molecule has 0 aliphatic rings. The fourth-order valence-corrected chi connectivity index (χ4v) is 3.16. The van der Waals surface area contributed by atoms with Crippen molar-refractivity contribution < 1.29 is 9.90 Å². The molecule has 7 heteroatoms. The zero-order chi connectivity index (χ0) is 16.9. The molecule has 0 saturated heterocycles. The van der Waals surface area contributed by atoms with E-state index in [1.165, 1.54) is 4.88 Å². The molecule has 0 aliphatic carbocycles. The van der Waals surface area contributed by atoms with Gasteiger partial charge in [-0.3, -0.25) is 4.79 Å². The SMILES string of the molecule is CC(=O)c1ccc(Cc2sccc2C=CC(O)c2nn[nH]n2)cc1. The first kappa shape index (κ1) is 16.2. The van der Waals surface area contributed by atoms with Crippen molar-refractivity contribution >= 4 is 23.2 Å². The largest absolute Gasteiger partial charge is 0.381 e. The number of benzene rings is 1. The van der Waals surface area contributed by atoms with Crippen LogP contribution in [0.2, 0.25) is 0 Å². The van der Waals surface area contributed by atoms with Gasteiger partial charge in [-0.1, -0.05) is 35.6 Å². The number of nitrogens with one attached hydrogen (secondary N) is 1. The molecule has 0 aliphatic heterocycles. The van der Waals surface area contributed by atoms with Crippen LogP contribution in [-0.2, 0) is 6.42 Å². The first-order valence-corrected chi connectivity index (χ1v) is 8.27. The zero-order valence-electron chi connectivity index (χ0n) is 13.0. The molecule has 0 amide bonds. The number of rotatable bonds is 6. The van der Waals surface area contributed by atoms with Gasteiger partial charge in [0.1, 0.15) is 6.10 Å². The lowest BCUT2D eigenvalue weighted by Gasteiger charge is -2.03. The standard InChI is InChI=1S/C17H16N4O2S/c1-11(22)13-4-2-12(3-5-13)10-16-14(8-9-24-16)6-7-15(23)17-18-20-21-19-17/h2-9,15,23H,10H2,1H3,(H,18,19,20,21). The fourth-order valence-electron chi connectivity index (χ4n) is 2.26. The van der Waals surface area contributed by atoms with Gasteiger partial charge >= 0.3 is 0 Å². The number of aliphatic hydroxyl groups excluding tert-OH is 1. The Morgan fingerprint density at radius 1 is 1.33 bits per heavy atom. The second kappa shape index (κ2) is 7.29. The third kappa shape index (κ3) is 3.81. The van der Waals surface area contributed by atoms with E-state index in [2.05, 4.69) is 20.6 Å². The van der Waals surface area contributed by atoms with E-state index < -0.39 is 6.10 Å². The number of tetrazole rings is 1. The fraction of sp³-hybridized carbons (Fsp3) is 0.176. The lowest BCUT2D eigenvalue weighted by molar-refractivity contribution is 0.101. The van der Waals surface area contributed by atoms with Crippen molar-refractivity contribution in [3.8, 4) is 0 Å². The molecule has 2 aromatic heterocycles. The number of ketones is 1. The quantitative estimate of drug-likeness (QED) is 0.673. The third-order valence-corrected chi connectivity index (χ3v) is 4.53. The van der Waals surface area contributed by atoms with E-state index in [1.807, 2.05) is 41.8 Å². The summed E-state index contributed by atoms with van der Waals surface area (Å²) in [5.41, 5.74) is 2.89. The van der Waals surface area contributed by atoms with Gasteiger partial charge in [0.2, 0.25) is 5.82 Å². The molecule has 1 unspecified atom stereocenters. The van der Waals surface area contributed by atoms with Gasteiger partial charge in [0.25, 0.3) is 0 Å². The van der Waals surface area contributed by atoms with Gasteiger partial charge in [-0.25, -0.2) is 0 Å². The maximum atomic E-state index is 11.3. The van der Waals surface area contributed by atoms with Gasteiger partial charge in [-0.2, -0.15) is 5.21 Å². The average Bonchev–Trinajstić information content (AvgIpc) is 3.25. The molecule has 3 aromatic rings. The van der Waals surface area contributed by atoms with Crippen molar-refractivity contribution in [2.75, 3.05) is 0 Å². The number of aromatic nitrogens is 4. The minimum Gasteiger partial charge on any atom is -0.381 e. The summed E-state index contributed by atoms with van der Waals surface area (Å²) in [4.78, 5) is 12.5. The highest BCUT2D eigenvalue weighted by Gasteiger charge is 2.09. The molecular weight excluding hydrogens is 324 g/mol. The monoisotopic (exact) mass is 340 g/mol. The summed E-state index contributed by atoms with van der Waals surface area (Å²) < 4.78 is 0. The molecule has 3 rings (SSSR count). The minimum absolute atomic E-state index is 0.0664. The number of thiophene rings is 1. The summed E-state index contributed by atoms with van der Waals surface area (Å²) in [6.07, 6.45) is 3.37. The Bertz CT molecular complexity index is 838. The number of H-pyrrole nitrogens is 1. The average molecular weight is 340 g/mol. The summed E-state index contributed by atoms with van der Waals surface area (Å²) in [6.45, 7) is 1.56. The Balaban J connectivity index is 1.72. The number of Topliss-reactive ketones (excluding diaryl/α,β-unsaturated/α-hetero) is 1. The first-order valence-electron chi connectivity index (χ1n) is 7.39. The van der Waals surface area contributed by atoms with Gasteiger partial charge in [0, 0.05) is 16.9 Å². The third-order valence-electron chi connectivity index (χ3n) is 3.59. The summed E-state index contributed by atoms with van der Waals surface area (Å²) in [5.74, 6) is 0.305. The number of carbonyl (C=O) groups is 1. The van der Waals surface area contributed by atoms with Crippen molar-refractivity contribution in [2.24, 2.45) is 0 Å². The smallest absolute Gasteiger partial charge is 0.206 e. The Labute approximate surface area is 142 Å². The number of hydrogen-bond acceptors (Lipinski definition) is 6. The Hall–Kier alpha value is -2.64. The van der Waals surface area contributed by atoms with E-state index in [-0.39, 0.29) is 11.6 Å². The predicted octanol–water partition coefficient (Wildman–Crippen LogP) is 2.80. The van der Waals surface area contributed by atoms with Crippen LogP contribution in [0.15, 0.2) is 41.8 Å². The van der Waals surface area contributed by atoms with Crippen LogP contribution in [0.3, 0.4) is 0 Å². The number of hydrogen-bond donors (Lipinski definition) is 2. The molecule has 1 aromatic carbocycles. The highest BCUT2D eigenvalue weighted by atomic mass is 32.1. The second-order valence-electron chi connectivity index (χ2n) is 5.30. The maximum absolute atomic E-state index is 11.3. The van der Waals surface area contributed by atoms with Crippen LogP contribution in [0.4, 0.5) is 0 Å². The minimum atomic E-state index is -0.897. The second-order valence-corrected chi connectivity index (χ2v) is 6.30. The number of carbonyl (C=O) groups excluding carboxylic acids is 1. The van der Waals surface area contributed by atoms with Gasteiger partial charge in [-0.15, -0.1) is 21.5 Å². The van der Waals surface area contributed by atoms with Crippen LogP contribution in [0.5, 0.6) is 0 Å². The van der Waals surface area contributed by atoms with Crippen LogP contribution < -0.4 is 0 Å². The molecule has 122 valence electrons. The van der Waals surface area contributed by atoms with Crippen LogP contribution >= 0.6 is 11.3 Å².